The maximum Gasteiger partial charge on any atom is 0.279 e. The molecular weight excluding hydrogens is 420 g/mol. The zero-order valence-corrected chi connectivity index (χ0v) is 15.9. The first kappa shape index (κ1) is 18.7. The minimum absolute atomic E-state index is 0.00296. The second kappa shape index (κ2) is 6.76. The molecule has 0 fully saturated rings. The number of thiazole rings is 1. The second-order valence-corrected chi connectivity index (χ2v) is 8.52. The maximum absolute atomic E-state index is 12.4. The van der Waals surface area contributed by atoms with Crippen molar-refractivity contribution >= 4 is 43.7 Å². The van der Waals surface area contributed by atoms with Crippen molar-refractivity contribution in [3.8, 4) is 5.88 Å². The summed E-state index contributed by atoms with van der Waals surface area (Å²) in [4.78, 5) is 30.3. The number of non-ortho nitro benzene ring substituents is 1. The SMILES string of the molecule is O=C1N=c2ccc([N+](=O)[O-])cc2=C1c1sc(NS(=O)(=O)c2ccccc2)nc1O. The lowest BCUT2D eigenvalue weighted by atomic mass is 10.1. The van der Waals surface area contributed by atoms with Crippen molar-refractivity contribution in [1.82, 2.24) is 4.98 Å². The number of hydrogen-bond donors (Lipinski definition) is 2. The summed E-state index contributed by atoms with van der Waals surface area (Å²) in [6, 6.07) is 11.3. The summed E-state index contributed by atoms with van der Waals surface area (Å²) >= 11 is 0.721. The fourth-order valence-corrected chi connectivity index (χ4v) is 4.89. The number of aromatic hydroxyl groups is 1. The summed E-state index contributed by atoms with van der Waals surface area (Å²) < 4.78 is 27.1. The molecule has 29 heavy (non-hydrogen) atoms. The molecule has 0 saturated carbocycles. The Morgan fingerprint density at radius 3 is 2.55 bits per heavy atom. The molecule has 0 spiro atoms. The van der Waals surface area contributed by atoms with Gasteiger partial charge in [-0.25, -0.2) is 13.4 Å². The third kappa shape index (κ3) is 3.34. The molecule has 0 bridgehead atoms. The summed E-state index contributed by atoms with van der Waals surface area (Å²) in [6.07, 6.45) is 0. The van der Waals surface area contributed by atoms with Crippen LogP contribution in [0.1, 0.15) is 4.88 Å². The Morgan fingerprint density at radius 1 is 1.14 bits per heavy atom. The average molecular weight is 430 g/mol. The number of rotatable bonds is 5. The van der Waals surface area contributed by atoms with E-state index in [0.29, 0.717) is 0 Å². The van der Waals surface area contributed by atoms with E-state index in [0.717, 1.165) is 11.3 Å². The monoisotopic (exact) mass is 430 g/mol. The van der Waals surface area contributed by atoms with Crippen molar-refractivity contribution in [2.75, 3.05) is 4.72 Å². The molecule has 3 aromatic rings. The lowest BCUT2D eigenvalue weighted by Crippen LogP contribution is -2.23. The highest BCUT2D eigenvalue weighted by Crippen LogP contribution is 2.35. The number of anilines is 1. The number of amides is 1. The van der Waals surface area contributed by atoms with Crippen LogP contribution < -0.4 is 15.3 Å². The predicted molar refractivity (Wildman–Crippen MR) is 102 cm³/mol. The minimum atomic E-state index is -3.95. The summed E-state index contributed by atoms with van der Waals surface area (Å²) in [6.45, 7) is 0. The number of aromatic nitrogens is 1. The number of nitrogens with one attached hydrogen (secondary N) is 1. The molecule has 1 aliphatic heterocycles. The first-order chi connectivity index (χ1) is 13.8. The molecule has 2 aromatic carbocycles. The molecule has 0 aliphatic carbocycles. The Labute approximate surface area is 166 Å². The number of carbonyl (C=O) groups is 1. The van der Waals surface area contributed by atoms with Gasteiger partial charge in [0.05, 0.1) is 20.7 Å². The first-order valence-corrected chi connectivity index (χ1v) is 10.3. The van der Waals surface area contributed by atoms with Crippen molar-refractivity contribution in [3.63, 3.8) is 0 Å². The molecule has 2 N–H and O–H groups in total. The van der Waals surface area contributed by atoms with Crippen molar-refractivity contribution in [2.45, 2.75) is 4.90 Å². The van der Waals surface area contributed by atoms with E-state index in [2.05, 4.69) is 14.7 Å². The Bertz CT molecular complexity index is 1400. The third-order valence-electron chi connectivity index (χ3n) is 4.01. The highest BCUT2D eigenvalue weighted by atomic mass is 32.2. The number of carbonyl (C=O) groups excluding carboxylic acids is 1. The standard InChI is InChI=1S/C17H10N4O6S2/c22-15-13(11-8-9(21(24)25)6-7-12(11)18-15)14-16(23)19-17(28-14)20-29(26,27)10-4-2-1-3-5-10/h1-8,23H,(H,19,20). The first-order valence-electron chi connectivity index (χ1n) is 7.96. The normalized spacial score (nSPS) is 13.1. The Kier molecular flexibility index (Phi) is 4.36. The van der Waals surface area contributed by atoms with Crippen LogP contribution >= 0.6 is 11.3 Å². The lowest BCUT2D eigenvalue weighted by Gasteiger charge is -2.03. The van der Waals surface area contributed by atoms with Crippen molar-refractivity contribution < 1.29 is 23.2 Å². The number of nitrogens with zero attached hydrogens (tertiary/aromatic N) is 3. The van der Waals surface area contributed by atoms with Gasteiger partial charge in [-0.1, -0.05) is 29.5 Å². The van der Waals surface area contributed by atoms with Gasteiger partial charge in [0.25, 0.3) is 21.6 Å². The topological polar surface area (TPSA) is 152 Å². The van der Waals surface area contributed by atoms with Gasteiger partial charge >= 0.3 is 0 Å². The molecule has 1 amide bonds. The molecule has 12 heteroatoms. The van der Waals surface area contributed by atoms with Crippen LogP contribution in [0, 0.1) is 10.1 Å². The quantitative estimate of drug-likeness (QED) is 0.451. The van der Waals surface area contributed by atoms with Gasteiger partial charge in [0.2, 0.25) is 11.0 Å². The number of sulfonamides is 1. The molecule has 1 aromatic heterocycles. The lowest BCUT2D eigenvalue weighted by molar-refractivity contribution is -0.385. The van der Waals surface area contributed by atoms with Crippen LogP contribution in [0.5, 0.6) is 5.88 Å². The highest BCUT2D eigenvalue weighted by molar-refractivity contribution is 7.93. The fourth-order valence-electron chi connectivity index (χ4n) is 2.73. The van der Waals surface area contributed by atoms with E-state index < -0.39 is 26.7 Å². The van der Waals surface area contributed by atoms with Gasteiger partial charge in [0.15, 0.2) is 0 Å². The van der Waals surface area contributed by atoms with Gasteiger partial charge in [-0.3, -0.25) is 19.6 Å². The molecule has 0 radical (unpaired) electrons. The molecule has 10 nitrogen and oxygen atoms in total. The molecule has 1 aliphatic rings. The molecule has 0 saturated heterocycles. The zero-order valence-electron chi connectivity index (χ0n) is 14.3. The van der Waals surface area contributed by atoms with Crippen LogP contribution in [-0.2, 0) is 14.8 Å². The van der Waals surface area contributed by atoms with Crippen LogP contribution in [0.25, 0.3) is 5.57 Å². The maximum atomic E-state index is 12.4. The third-order valence-corrected chi connectivity index (χ3v) is 6.47. The van der Waals surface area contributed by atoms with Gasteiger partial charge in [0, 0.05) is 17.4 Å². The number of nitro groups is 1. The fraction of sp³-hybridized carbons (Fsp3) is 0. The highest BCUT2D eigenvalue weighted by Gasteiger charge is 2.27. The Hall–Kier alpha value is -3.64. The smallest absolute Gasteiger partial charge is 0.279 e. The average Bonchev–Trinajstić information content (AvgIpc) is 3.19. The van der Waals surface area contributed by atoms with E-state index in [4.69, 9.17) is 0 Å². The predicted octanol–water partition coefficient (Wildman–Crippen LogP) is 0.916. The van der Waals surface area contributed by atoms with Crippen LogP contribution in [0.2, 0.25) is 0 Å². The van der Waals surface area contributed by atoms with E-state index in [1.807, 2.05) is 0 Å². The van der Waals surface area contributed by atoms with Gasteiger partial charge in [0.1, 0.15) is 4.88 Å². The summed E-state index contributed by atoms with van der Waals surface area (Å²) in [7, 11) is -3.95. The van der Waals surface area contributed by atoms with Crippen LogP contribution in [0.3, 0.4) is 0 Å². The van der Waals surface area contributed by atoms with Gasteiger partial charge in [-0.05, 0) is 18.2 Å². The Morgan fingerprint density at radius 2 is 1.86 bits per heavy atom. The van der Waals surface area contributed by atoms with Crippen molar-refractivity contribution in [2.24, 2.45) is 4.99 Å². The number of nitro benzene ring substituents is 1. The Balaban J connectivity index is 1.80. The molecule has 4 rings (SSSR count). The van der Waals surface area contributed by atoms with E-state index in [1.165, 1.54) is 30.3 Å². The van der Waals surface area contributed by atoms with Gasteiger partial charge in [-0.2, -0.15) is 4.98 Å². The molecular formula is C17H10N4O6S2. The summed E-state index contributed by atoms with van der Waals surface area (Å²) in [5, 5.41) is 21.4. The number of hydrogen-bond acceptors (Lipinski definition) is 8. The van der Waals surface area contributed by atoms with E-state index in [9.17, 15) is 28.4 Å². The molecule has 0 unspecified atom stereocenters. The number of benzene rings is 2. The molecule has 0 atom stereocenters. The van der Waals surface area contributed by atoms with Crippen LogP contribution in [0.15, 0.2) is 58.4 Å². The van der Waals surface area contributed by atoms with E-state index in [1.54, 1.807) is 18.2 Å². The second-order valence-electron chi connectivity index (χ2n) is 5.84. The van der Waals surface area contributed by atoms with Crippen LogP contribution in [-0.4, -0.2) is 29.3 Å². The minimum Gasteiger partial charge on any atom is -0.492 e. The zero-order chi connectivity index (χ0) is 20.8. The van der Waals surface area contributed by atoms with Gasteiger partial charge < -0.3 is 5.11 Å². The van der Waals surface area contributed by atoms with E-state index >= 15 is 0 Å². The molecule has 146 valence electrons. The van der Waals surface area contributed by atoms with Gasteiger partial charge in [-0.15, -0.1) is 0 Å². The van der Waals surface area contributed by atoms with Crippen molar-refractivity contribution in [1.29, 1.82) is 0 Å². The van der Waals surface area contributed by atoms with E-state index in [-0.39, 0.29) is 36.7 Å². The molecule has 2 heterocycles. The summed E-state index contributed by atoms with van der Waals surface area (Å²) in [5.41, 5.74) is -0.330. The number of fused-ring (bicyclic) bond motifs is 1. The largest absolute Gasteiger partial charge is 0.492 e. The summed E-state index contributed by atoms with van der Waals surface area (Å²) in [5.74, 6) is -1.30. The van der Waals surface area contributed by atoms with Crippen LogP contribution in [0.4, 0.5) is 10.8 Å². The van der Waals surface area contributed by atoms with Crippen molar-refractivity contribution in [3.05, 3.63) is 74.1 Å².